The summed E-state index contributed by atoms with van der Waals surface area (Å²) in [5, 5.41) is 12.1. The lowest BCUT2D eigenvalue weighted by atomic mass is 10.1. The minimum atomic E-state index is -1.04. The molecule has 0 unspecified atom stereocenters. The quantitative estimate of drug-likeness (QED) is 0.883. The van der Waals surface area contributed by atoms with Gasteiger partial charge in [0, 0.05) is 4.70 Å². The first kappa shape index (κ1) is 13.5. The van der Waals surface area contributed by atoms with E-state index >= 15 is 0 Å². The molecule has 0 bridgehead atoms. The van der Waals surface area contributed by atoms with Crippen LogP contribution in [0.15, 0.2) is 24.3 Å². The molecule has 0 aliphatic heterocycles. The number of aliphatic carboxylic acids is 1. The van der Waals surface area contributed by atoms with E-state index in [0.717, 1.165) is 28.5 Å². The average molecular weight is 277 g/mol. The predicted octanol–water partition coefficient (Wildman–Crippen LogP) is 2.67. The van der Waals surface area contributed by atoms with Crippen molar-refractivity contribution < 1.29 is 14.7 Å². The number of carboxylic acid groups (broad SMARTS) is 1. The number of aryl methyl sites for hydroxylation is 1. The van der Waals surface area contributed by atoms with Gasteiger partial charge in [0.15, 0.2) is 0 Å². The number of nitrogens with one attached hydrogen (secondary N) is 1. The molecule has 1 aromatic carbocycles. The highest BCUT2D eigenvalue weighted by Gasteiger charge is 2.17. The van der Waals surface area contributed by atoms with Crippen molar-refractivity contribution in [1.82, 2.24) is 5.32 Å². The highest BCUT2D eigenvalue weighted by Crippen LogP contribution is 2.32. The first-order valence-corrected chi connectivity index (χ1v) is 6.95. The van der Waals surface area contributed by atoms with E-state index in [2.05, 4.69) is 12.2 Å². The normalized spacial score (nSPS) is 10.6. The van der Waals surface area contributed by atoms with Crippen LogP contribution < -0.4 is 5.32 Å². The Kier molecular flexibility index (Phi) is 4.16. The van der Waals surface area contributed by atoms with Crippen LogP contribution in [0.5, 0.6) is 0 Å². The molecular formula is C14H15NO3S. The minimum absolute atomic E-state index is 0.299. The van der Waals surface area contributed by atoms with E-state index in [0.29, 0.717) is 4.88 Å². The van der Waals surface area contributed by atoms with E-state index in [9.17, 15) is 9.59 Å². The van der Waals surface area contributed by atoms with E-state index in [1.54, 1.807) is 0 Å². The molecule has 1 amide bonds. The standard InChI is InChI=1S/C14H15NO3S/c1-2-5-10-9-6-3-4-7-11(9)19-13(10)14(18)15-8-12(16)17/h3-4,6-7H,2,5,8H2,1H3,(H,15,18)(H,16,17). The fraction of sp³-hybridized carbons (Fsp3) is 0.286. The number of carboxylic acids is 1. The summed E-state index contributed by atoms with van der Waals surface area (Å²) in [6.45, 7) is 1.71. The number of fused-ring (bicyclic) bond motifs is 1. The third kappa shape index (κ3) is 2.93. The Bertz CT molecular complexity index is 618. The first-order chi connectivity index (χ1) is 9.13. The Morgan fingerprint density at radius 2 is 2.05 bits per heavy atom. The lowest BCUT2D eigenvalue weighted by molar-refractivity contribution is -0.135. The SMILES string of the molecule is CCCc1c(C(=O)NCC(=O)O)sc2ccccc12. The van der Waals surface area contributed by atoms with Gasteiger partial charge in [0.2, 0.25) is 0 Å². The van der Waals surface area contributed by atoms with Gasteiger partial charge in [-0.05, 0) is 23.4 Å². The summed E-state index contributed by atoms with van der Waals surface area (Å²) >= 11 is 1.42. The number of thiophene rings is 1. The molecule has 0 aliphatic carbocycles. The second-order valence-electron chi connectivity index (χ2n) is 4.23. The van der Waals surface area contributed by atoms with Gasteiger partial charge in [0.25, 0.3) is 5.91 Å². The summed E-state index contributed by atoms with van der Waals surface area (Å²) in [7, 11) is 0. The van der Waals surface area contributed by atoms with Crippen molar-refractivity contribution in [3.05, 3.63) is 34.7 Å². The Morgan fingerprint density at radius 1 is 1.32 bits per heavy atom. The molecule has 0 aliphatic rings. The van der Waals surface area contributed by atoms with E-state index < -0.39 is 5.97 Å². The average Bonchev–Trinajstić information content (AvgIpc) is 2.76. The van der Waals surface area contributed by atoms with Crippen LogP contribution >= 0.6 is 11.3 Å². The molecule has 4 nitrogen and oxygen atoms in total. The zero-order valence-corrected chi connectivity index (χ0v) is 11.4. The Labute approximate surface area is 115 Å². The zero-order chi connectivity index (χ0) is 13.8. The molecule has 2 N–H and O–H groups in total. The van der Waals surface area contributed by atoms with E-state index in [1.165, 1.54) is 11.3 Å². The van der Waals surface area contributed by atoms with Crippen molar-refractivity contribution in [3.8, 4) is 0 Å². The molecule has 19 heavy (non-hydrogen) atoms. The van der Waals surface area contributed by atoms with Crippen molar-refractivity contribution in [3.63, 3.8) is 0 Å². The highest BCUT2D eigenvalue weighted by atomic mass is 32.1. The molecule has 5 heteroatoms. The molecule has 2 aromatic rings. The number of benzene rings is 1. The minimum Gasteiger partial charge on any atom is -0.480 e. The summed E-state index contributed by atoms with van der Waals surface area (Å²) in [6.07, 6.45) is 1.76. The number of carbonyl (C=O) groups excluding carboxylic acids is 1. The van der Waals surface area contributed by atoms with Crippen molar-refractivity contribution in [2.24, 2.45) is 0 Å². The van der Waals surface area contributed by atoms with Crippen molar-refractivity contribution in [2.75, 3.05) is 6.54 Å². The number of carbonyl (C=O) groups is 2. The second kappa shape index (κ2) is 5.84. The second-order valence-corrected chi connectivity index (χ2v) is 5.28. The van der Waals surface area contributed by atoms with Gasteiger partial charge < -0.3 is 10.4 Å². The molecule has 0 saturated carbocycles. The summed E-state index contributed by atoms with van der Waals surface area (Å²) in [6, 6.07) is 7.87. The van der Waals surface area contributed by atoms with Gasteiger partial charge in [-0.2, -0.15) is 0 Å². The first-order valence-electron chi connectivity index (χ1n) is 6.14. The van der Waals surface area contributed by atoms with E-state index in [1.807, 2.05) is 24.3 Å². The Balaban J connectivity index is 2.38. The van der Waals surface area contributed by atoms with Crippen molar-refractivity contribution in [2.45, 2.75) is 19.8 Å². The van der Waals surface area contributed by atoms with Gasteiger partial charge in [-0.25, -0.2) is 0 Å². The molecule has 1 heterocycles. The van der Waals surface area contributed by atoms with Gasteiger partial charge in [-0.15, -0.1) is 11.3 Å². The monoisotopic (exact) mass is 277 g/mol. The summed E-state index contributed by atoms with van der Waals surface area (Å²) in [5.74, 6) is -1.33. The van der Waals surface area contributed by atoms with Crippen LogP contribution in [0.3, 0.4) is 0 Å². The molecule has 2 rings (SSSR count). The van der Waals surface area contributed by atoms with Gasteiger partial charge in [-0.3, -0.25) is 9.59 Å². The van der Waals surface area contributed by atoms with Crippen LogP contribution in [0.25, 0.3) is 10.1 Å². The molecule has 0 saturated heterocycles. The predicted molar refractivity (Wildman–Crippen MR) is 75.8 cm³/mol. The molecule has 0 spiro atoms. The van der Waals surface area contributed by atoms with Gasteiger partial charge in [0.1, 0.15) is 6.54 Å². The smallest absolute Gasteiger partial charge is 0.322 e. The summed E-state index contributed by atoms with van der Waals surface area (Å²) in [4.78, 5) is 23.2. The Hall–Kier alpha value is -1.88. The van der Waals surface area contributed by atoms with E-state index in [-0.39, 0.29) is 12.5 Å². The third-order valence-corrected chi connectivity index (χ3v) is 4.02. The number of hydrogen-bond donors (Lipinski definition) is 2. The molecule has 0 fully saturated rings. The topological polar surface area (TPSA) is 66.4 Å². The lowest BCUT2D eigenvalue weighted by Crippen LogP contribution is -2.29. The van der Waals surface area contributed by atoms with Gasteiger partial charge in [0.05, 0.1) is 4.88 Å². The molecule has 100 valence electrons. The van der Waals surface area contributed by atoms with Gasteiger partial charge >= 0.3 is 5.97 Å². The van der Waals surface area contributed by atoms with Crippen LogP contribution in [0.2, 0.25) is 0 Å². The van der Waals surface area contributed by atoms with Crippen LogP contribution in [0.4, 0.5) is 0 Å². The van der Waals surface area contributed by atoms with Crippen LogP contribution in [-0.4, -0.2) is 23.5 Å². The van der Waals surface area contributed by atoms with Crippen LogP contribution in [-0.2, 0) is 11.2 Å². The summed E-state index contributed by atoms with van der Waals surface area (Å²) in [5.41, 5.74) is 1.02. The third-order valence-electron chi connectivity index (χ3n) is 2.80. The largest absolute Gasteiger partial charge is 0.480 e. The molecule has 1 aromatic heterocycles. The number of amides is 1. The van der Waals surface area contributed by atoms with Crippen LogP contribution in [0.1, 0.15) is 28.6 Å². The number of rotatable bonds is 5. The lowest BCUT2D eigenvalue weighted by Gasteiger charge is -2.03. The summed E-state index contributed by atoms with van der Waals surface area (Å²) < 4.78 is 1.06. The Morgan fingerprint density at radius 3 is 2.74 bits per heavy atom. The molecule has 0 radical (unpaired) electrons. The number of hydrogen-bond acceptors (Lipinski definition) is 3. The van der Waals surface area contributed by atoms with Crippen molar-refractivity contribution in [1.29, 1.82) is 0 Å². The highest BCUT2D eigenvalue weighted by molar-refractivity contribution is 7.21. The maximum absolute atomic E-state index is 12.1. The molecular weight excluding hydrogens is 262 g/mol. The van der Waals surface area contributed by atoms with Crippen LogP contribution in [0, 0.1) is 0 Å². The van der Waals surface area contributed by atoms with E-state index in [4.69, 9.17) is 5.11 Å². The fourth-order valence-electron chi connectivity index (χ4n) is 2.02. The van der Waals surface area contributed by atoms with Gasteiger partial charge in [-0.1, -0.05) is 31.5 Å². The fourth-order valence-corrected chi connectivity index (χ4v) is 3.18. The maximum atomic E-state index is 12.1. The van der Waals surface area contributed by atoms with Crippen molar-refractivity contribution >= 4 is 33.3 Å². The maximum Gasteiger partial charge on any atom is 0.322 e. The molecule has 0 atom stereocenters. The zero-order valence-electron chi connectivity index (χ0n) is 10.6.